The lowest BCUT2D eigenvalue weighted by Crippen LogP contribution is -2.21. The van der Waals surface area contributed by atoms with Gasteiger partial charge in [-0.3, -0.25) is 4.98 Å². The second-order valence-electron chi connectivity index (χ2n) is 4.41. The number of aromatic nitrogens is 1. The maximum absolute atomic E-state index is 5.51. The van der Waals surface area contributed by atoms with Gasteiger partial charge in [0.1, 0.15) is 11.5 Å². The number of ether oxygens (including phenoxy) is 1. The van der Waals surface area contributed by atoms with Gasteiger partial charge in [-0.15, -0.1) is 0 Å². The molecule has 96 valence electrons. The smallest absolute Gasteiger partial charge is 0.137 e. The van der Waals surface area contributed by atoms with E-state index in [1.54, 1.807) is 19.6 Å². The molecule has 1 N–H and O–H groups in total. The Morgan fingerprint density at radius 1 is 1.39 bits per heavy atom. The van der Waals surface area contributed by atoms with Crippen LogP contribution in [0.4, 0.5) is 0 Å². The van der Waals surface area contributed by atoms with Gasteiger partial charge in [-0.2, -0.15) is 0 Å². The molecule has 0 aliphatic heterocycles. The minimum atomic E-state index is 0.423. The van der Waals surface area contributed by atoms with Crippen LogP contribution >= 0.6 is 0 Å². The van der Waals surface area contributed by atoms with Crippen molar-refractivity contribution in [3.63, 3.8) is 0 Å². The Bertz CT molecular complexity index is 506. The standard InChI is InChI=1S/C14H18N2O2/c1-10(2)16-9-14-13(4-5-18-14)11-6-12(17-3)8-15-7-11/h4-8,10,16H,9H2,1-3H3. The first-order chi connectivity index (χ1) is 8.70. The number of nitrogens with zero attached hydrogens (tertiary/aromatic N) is 1. The summed E-state index contributed by atoms with van der Waals surface area (Å²) in [6.07, 6.45) is 5.20. The van der Waals surface area contributed by atoms with Gasteiger partial charge < -0.3 is 14.5 Å². The van der Waals surface area contributed by atoms with Crippen molar-refractivity contribution in [2.75, 3.05) is 7.11 Å². The van der Waals surface area contributed by atoms with Crippen LogP contribution in [0, 0.1) is 0 Å². The van der Waals surface area contributed by atoms with E-state index in [1.165, 1.54) is 0 Å². The highest BCUT2D eigenvalue weighted by Gasteiger charge is 2.10. The monoisotopic (exact) mass is 246 g/mol. The lowest BCUT2D eigenvalue weighted by molar-refractivity contribution is 0.413. The van der Waals surface area contributed by atoms with E-state index in [0.717, 1.165) is 22.6 Å². The van der Waals surface area contributed by atoms with E-state index in [0.29, 0.717) is 12.6 Å². The molecule has 0 unspecified atom stereocenters. The predicted molar refractivity (Wildman–Crippen MR) is 70.5 cm³/mol. The molecule has 2 aromatic heterocycles. The molecule has 18 heavy (non-hydrogen) atoms. The van der Waals surface area contributed by atoms with Gasteiger partial charge in [0.15, 0.2) is 0 Å². The molecule has 4 nitrogen and oxygen atoms in total. The van der Waals surface area contributed by atoms with Crippen molar-refractivity contribution < 1.29 is 9.15 Å². The quantitative estimate of drug-likeness (QED) is 0.881. The Kier molecular flexibility index (Phi) is 3.99. The number of hydrogen-bond acceptors (Lipinski definition) is 4. The molecule has 4 heteroatoms. The van der Waals surface area contributed by atoms with Gasteiger partial charge in [0, 0.05) is 23.4 Å². The largest absolute Gasteiger partial charge is 0.495 e. The van der Waals surface area contributed by atoms with Crippen molar-refractivity contribution in [2.24, 2.45) is 0 Å². The number of methoxy groups -OCH3 is 1. The summed E-state index contributed by atoms with van der Waals surface area (Å²) in [6.45, 7) is 4.92. The van der Waals surface area contributed by atoms with Crippen LogP contribution in [0.25, 0.3) is 11.1 Å². The molecule has 0 fully saturated rings. The average molecular weight is 246 g/mol. The van der Waals surface area contributed by atoms with E-state index in [2.05, 4.69) is 24.1 Å². The third-order valence-corrected chi connectivity index (χ3v) is 2.68. The Balaban J connectivity index is 2.24. The number of nitrogens with one attached hydrogen (secondary N) is 1. The molecule has 0 spiro atoms. The van der Waals surface area contributed by atoms with Crippen LogP contribution in [0.2, 0.25) is 0 Å². The normalized spacial score (nSPS) is 10.9. The summed E-state index contributed by atoms with van der Waals surface area (Å²) < 4.78 is 10.7. The molecule has 0 bridgehead atoms. The maximum Gasteiger partial charge on any atom is 0.137 e. The molecule has 0 amide bonds. The third-order valence-electron chi connectivity index (χ3n) is 2.68. The zero-order valence-electron chi connectivity index (χ0n) is 10.9. The number of pyridine rings is 1. The minimum Gasteiger partial charge on any atom is -0.495 e. The Hall–Kier alpha value is -1.81. The van der Waals surface area contributed by atoms with Crippen molar-refractivity contribution in [3.05, 3.63) is 36.5 Å². The fraction of sp³-hybridized carbons (Fsp3) is 0.357. The Labute approximate surface area is 107 Å². The van der Waals surface area contributed by atoms with E-state index < -0.39 is 0 Å². The minimum absolute atomic E-state index is 0.423. The molecule has 2 aromatic rings. The number of rotatable bonds is 5. The highest BCUT2D eigenvalue weighted by Crippen LogP contribution is 2.26. The molecule has 0 aliphatic carbocycles. The van der Waals surface area contributed by atoms with Crippen molar-refractivity contribution in [1.82, 2.24) is 10.3 Å². The van der Waals surface area contributed by atoms with Gasteiger partial charge in [0.25, 0.3) is 0 Å². The van der Waals surface area contributed by atoms with Gasteiger partial charge in [0.05, 0.1) is 26.1 Å². The van der Waals surface area contributed by atoms with Crippen LogP contribution in [0.15, 0.2) is 35.2 Å². The summed E-state index contributed by atoms with van der Waals surface area (Å²) in [7, 11) is 1.64. The van der Waals surface area contributed by atoms with Crippen LogP contribution in [-0.4, -0.2) is 18.1 Å². The van der Waals surface area contributed by atoms with Crippen molar-refractivity contribution >= 4 is 0 Å². The Morgan fingerprint density at radius 3 is 2.94 bits per heavy atom. The molecule has 0 aromatic carbocycles. The van der Waals surface area contributed by atoms with Crippen LogP contribution in [-0.2, 0) is 6.54 Å². The molecule has 0 atom stereocenters. The first-order valence-corrected chi connectivity index (χ1v) is 6.00. The molecule has 2 heterocycles. The number of furan rings is 1. The molecule has 0 radical (unpaired) electrons. The Morgan fingerprint density at radius 2 is 2.22 bits per heavy atom. The fourth-order valence-corrected chi connectivity index (χ4v) is 1.71. The highest BCUT2D eigenvalue weighted by atomic mass is 16.5. The van der Waals surface area contributed by atoms with Crippen molar-refractivity contribution in [2.45, 2.75) is 26.4 Å². The van der Waals surface area contributed by atoms with E-state index >= 15 is 0 Å². The highest BCUT2D eigenvalue weighted by molar-refractivity contribution is 5.65. The summed E-state index contributed by atoms with van der Waals surface area (Å²) in [5.74, 6) is 1.66. The molecule has 0 aliphatic rings. The topological polar surface area (TPSA) is 47.3 Å². The predicted octanol–water partition coefficient (Wildman–Crippen LogP) is 2.85. The molecular weight excluding hydrogens is 228 g/mol. The molecular formula is C14H18N2O2. The van der Waals surface area contributed by atoms with Crippen LogP contribution in [0.5, 0.6) is 5.75 Å². The van der Waals surface area contributed by atoms with Gasteiger partial charge in [-0.05, 0) is 12.1 Å². The first kappa shape index (κ1) is 12.6. The zero-order valence-corrected chi connectivity index (χ0v) is 10.9. The first-order valence-electron chi connectivity index (χ1n) is 6.00. The lowest BCUT2D eigenvalue weighted by Gasteiger charge is -2.08. The fourth-order valence-electron chi connectivity index (χ4n) is 1.71. The summed E-state index contributed by atoms with van der Waals surface area (Å²) in [4.78, 5) is 4.16. The van der Waals surface area contributed by atoms with Crippen molar-refractivity contribution in [3.8, 4) is 16.9 Å². The van der Waals surface area contributed by atoms with Crippen LogP contribution in [0.3, 0.4) is 0 Å². The second-order valence-corrected chi connectivity index (χ2v) is 4.41. The third kappa shape index (κ3) is 2.90. The van der Waals surface area contributed by atoms with Gasteiger partial charge in [-0.1, -0.05) is 13.8 Å². The van der Waals surface area contributed by atoms with E-state index in [1.807, 2.05) is 18.3 Å². The molecule has 0 saturated carbocycles. The van der Waals surface area contributed by atoms with Crippen molar-refractivity contribution in [1.29, 1.82) is 0 Å². The SMILES string of the molecule is COc1cncc(-c2ccoc2CNC(C)C)c1. The summed E-state index contributed by atoms with van der Waals surface area (Å²) in [5, 5.41) is 3.34. The summed E-state index contributed by atoms with van der Waals surface area (Å²) in [6, 6.07) is 4.33. The lowest BCUT2D eigenvalue weighted by atomic mass is 10.1. The second kappa shape index (κ2) is 5.69. The van der Waals surface area contributed by atoms with E-state index in [4.69, 9.17) is 9.15 Å². The molecule has 0 saturated heterocycles. The summed E-state index contributed by atoms with van der Waals surface area (Å²) >= 11 is 0. The van der Waals surface area contributed by atoms with Gasteiger partial charge in [0.2, 0.25) is 0 Å². The van der Waals surface area contributed by atoms with E-state index in [-0.39, 0.29) is 0 Å². The van der Waals surface area contributed by atoms with Crippen LogP contribution in [0.1, 0.15) is 19.6 Å². The molecule has 2 rings (SSSR count). The summed E-state index contributed by atoms with van der Waals surface area (Å²) in [5.41, 5.74) is 2.05. The zero-order chi connectivity index (χ0) is 13.0. The maximum atomic E-state index is 5.51. The van der Waals surface area contributed by atoms with Crippen LogP contribution < -0.4 is 10.1 Å². The number of hydrogen-bond donors (Lipinski definition) is 1. The van der Waals surface area contributed by atoms with E-state index in [9.17, 15) is 0 Å². The van der Waals surface area contributed by atoms with Gasteiger partial charge in [-0.25, -0.2) is 0 Å². The average Bonchev–Trinajstić information content (AvgIpc) is 2.84. The van der Waals surface area contributed by atoms with Gasteiger partial charge >= 0.3 is 0 Å².